The summed E-state index contributed by atoms with van der Waals surface area (Å²) in [6.07, 6.45) is 1.59. The number of hydrogen-bond acceptors (Lipinski definition) is 4. The molecule has 6 nitrogen and oxygen atoms in total. The molecule has 0 aromatic heterocycles. The lowest BCUT2D eigenvalue weighted by Crippen LogP contribution is -2.54. The van der Waals surface area contributed by atoms with Crippen molar-refractivity contribution in [3.8, 4) is 0 Å². The van der Waals surface area contributed by atoms with Crippen molar-refractivity contribution in [3.05, 3.63) is 58.9 Å². The molecule has 1 N–H and O–H groups in total. The Morgan fingerprint density at radius 1 is 1.06 bits per heavy atom. The molecule has 3 amide bonds. The maximum absolute atomic E-state index is 14.6. The second-order valence-electron chi connectivity index (χ2n) is 9.02. The Bertz CT molecular complexity index is 1190. The Morgan fingerprint density at radius 2 is 1.84 bits per heavy atom. The van der Waals surface area contributed by atoms with E-state index in [2.05, 4.69) is 10.2 Å². The summed E-state index contributed by atoms with van der Waals surface area (Å²) < 4.78 is 14.6. The minimum Gasteiger partial charge on any atom is -0.324 e. The third-order valence-electron chi connectivity index (χ3n) is 7.79. The molecule has 0 radical (unpaired) electrons. The summed E-state index contributed by atoms with van der Waals surface area (Å²) in [5, 5.41) is 3.03. The van der Waals surface area contributed by atoms with Crippen molar-refractivity contribution in [2.75, 3.05) is 16.8 Å². The van der Waals surface area contributed by atoms with E-state index >= 15 is 0 Å². The van der Waals surface area contributed by atoms with Crippen LogP contribution in [-0.2, 0) is 19.9 Å². The molecule has 4 aliphatic heterocycles. The second-order valence-corrected chi connectivity index (χ2v) is 9.02. The molecule has 0 aliphatic carbocycles. The fraction of sp³-hybridized carbons (Fsp3) is 0.375. The standard InChI is InChI=1S/C24H22FN3O3/c1-12-9-10-14-20(13(12)2)26-23(31)24(14)19-18(17-8-5-11-27(17)24)21(29)28(22(19)30)16-7-4-3-6-15(16)25/h3-4,6-7,9-10,17-19H,5,8,11H2,1-2H3,(H,26,31)/t17-,18-,19-,24-/m0/s1. The summed E-state index contributed by atoms with van der Waals surface area (Å²) in [5.41, 5.74) is 2.24. The molecule has 3 fully saturated rings. The SMILES string of the molecule is Cc1ccc2c(c1C)NC(=O)[C@@]21[C@@H]2C(=O)N(c3ccccc3F)C(=O)[C@H]2[C@@H]2CCCN21. The van der Waals surface area contributed by atoms with Crippen LogP contribution in [0, 0.1) is 31.5 Å². The summed E-state index contributed by atoms with van der Waals surface area (Å²) in [6, 6.07) is 9.48. The van der Waals surface area contributed by atoms with Crippen molar-refractivity contribution < 1.29 is 18.8 Å². The number of imide groups is 1. The molecular formula is C24H22FN3O3. The Labute approximate surface area is 179 Å². The Morgan fingerprint density at radius 3 is 2.61 bits per heavy atom. The number of aryl methyl sites for hydroxylation is 1. The van der Waals surface area contributed by atoms with Crippen LogP contribution in [0.5, 0.6) is 0 Å². The predicted molar refractivity (Wildman–Crippen MR) is 112 cm³/mol. The number of halogens is 1. The van der Waals surface area contributed by atoms with Gasteiger partial charge in [-0.1, -0.05) is 24.3 Å². The average molecular weight is 419 g/mol. The van der Waals surface area contributed by atoms with Crippen LogP contribution in [0.3, 0.4) is 0 Å². The predicted octanol–water partition coefficient (Wildman–Crippen LogP) is 2.87. The van der Waals surface area contributed by atoms with Crippen molar-refractivity contribution in [3.63, 3.8) is 0 Å². The van der Waals surface area contributed by atoms with Crippen molar-refractivity contribution in [2.24, 2.45) is 11.8 Å². The van der Waals surface area contributed by atoms with Gasteiger partial charge in [-0.2, -0.15) is 0 Å². The van der Waals surface area contributed by atoms with E-state index in [0.717, 1.165) is 40.1 Å². The quantitative estimate of drug-likeness (QED) is 0.722. The first-order valence-corrected chi connectivity index (χ1v) is 10.7. The van der Waals surface area contributed by atoms with E-state index in [-0.39, 0.29) is 17.6 Å². The number of benzene rings is 2. The summed E-state index contributed by atoms with van der Waals surface area (Å²) >= 11 is 0. The van der Waals surface area contributed by atoms with Gasteiger partial charge < -0.3 is 5.32 Å². The largest absolute Gasteiger partial charge is 0.324 e. The van der Waals surface area contributed by atoms with Crippen molar-refractivity contribution >= 4 is 29.1 Å². The van der Waals surface area contributed by atoms with Gasteiger partial charge in [0, 0.05) is 17.3 Å². The summed E-state index contributed by atoms with van der Waals surface area (Å²) in [7, 11) is 0. The fourth-order valence-electron chi connectivity index (χ4n) is 6.39. The van der Waals surface area contributed by atoms with Gasteiger partial charge in [0.1, 0.15) is 11.4 Å². The fourth-order valence-corrected chi connectivity index (χ4v) is 6.39. The summed E-state index contributed by atoms with van der Waals surface area (Å²) in [6.45, 7) is 4.58. The maximum atomic E-state index is 14.6. The van der Waals surface area contributed by atoms with Crippen molar-refractivity contribution in [1.82, 2.24) is 4.90 Å². The molecule has 4 atom stereocenters. The zero-order valence-electron chi connectivity index (χ0n) is 17.3. The Hall–Kier alpha value is -3.06. The van der Waals surface area contributed by atoms with Gasteiger partial charge in [0.25, 0.3) is 0 Å². The number of carbonyl (C=O) groups is 3. The van der Waals surface area contributed by atoms with Gasteiger partial charge in [0.2, 0.25) is 17.7 Å². The van der Waals surface area contributed by atoms with E-state index in [1.54, 1.807) is 6.07 Å². The monoisotopic (exact) mass is 419 g/mol. The summed E-state index contributed by atoms with van der Waals surface area (Å²) in [4.78, 5) is 44.0. The van der Waals surface area contributed by atoms with Crippen LogP contribution >= 0.6 is 0 Å². The summed E-state index contributed by atoms with van der Waals surface area (Å²) in [5.74, 6) is -3.30. The molecule has 31 heavy (non-hydrogen) atoms. The minimum atomic E-state index is -1.23. The van der Waals surface area contributed by atoms with E-state index in [1.807, 2.05) is 26.0 Å². The van der Waals surface area contributed by atoms with Crippen LogP contribution in [0.4, 0.5) is 15.8 Å². The highest BCUT2D eigenvalue weighted by molar-refractivity contribution is 6.26. The highest BCUT2D eigenvalue weighted by atomic mass is 19.1. The van der Waals surface area contributed by atoms with Gasteiger partial charge in [0.15, 0.2) is 0 Å². The molecule has 4 aliphatic rings. The number of carbonyl (C=O) groups excluding carboxylic acids is 3. The lowest BCUT2D eigenvalue weighted by Gasteiger charge is -2.36. The highest BCUT2D eigenvalue weighted by Crippen LogP contribution is 2.61. The van der Waals surface area contributed by atoms with Crippen LogP contribution in [0.1, 0.15) is 29.5 Å². The molecule has 0 unspecified atom stereocenters. The van der Waals surface area contributed by atoms with E-state index in [4.69, 9.17) is 0 Å². The number of para-hydroxylation sites is 1. The van der Waals surface area contributed by atoms with E-state index in [0.29, 0.717) is 6.54 Å². The van der Waals surface area contributed by atoms with Crippen LogP contribution in [0.25, 0.3) is 0 Å². The molecule has 3 saturated heterocycles. The van der Waals surface area contributed by atoms with Gasteiger partial charge in [-0.25, -0.2) is 9.29 Å². The lowest BCUT2D eigenvalue weighted by atomic mass is 9.75. The number of anilines is 2. The Kier molecular flexibility index (Phi) is 3.62. The van der Waals surface area contributed by atoms with Crippen molar-refractivity contribution in [1.29, 1.82) is 0 Å². The third-order valence-corrected chi connectivity index (χ3v) is 7.79. The topological polar surface area (TPSA) is 69.7 Å². The van der Waals surface area contributed by atoms with Gasteiger partial charge in [0.05, 0.1) is 17.5 Å². The molecule has 7 heteroatoms. The molecule has 4 heterocycles. The van der Waals surface area contributed by atoms with E-state index in [9.17, 15) is 18.8 Å². The van der Waals surface area contributed by atoms with Crippen LogP contribution in [0.2, 0.25) is 0 Å². The second kappa shape index (κ2) is 6.01. The minimum absolute atomic E-state index is 0.0367. The molecule has 6 rings (SSSR count). The van der Waals surface area contributed by atoms with E-state index < -0.39 is 35.0 Å². The molecule has 158 valence electrons. The number of amides is 3. The van der Waals surface area contributed by atoms with Gasteiger partial charge >= 0.3 is 0 Å². The number of fused-ring (bicyclic) bond motifs is 7. The van der Waals surface area contributed by atoms with Gasteiger partial charge in [-0.15, -0.1) is 0 Å². The average Bonchev–Trinajstić information content (AvgIpc) is 3.45. The highest BCUT2D eigenvalue weighted by Gasteiger charge is 2.74. The first-order valence-electron chi connectivity index (χ1n) is 10.7. The molecule has 2 aromatic carbocycles. The zero-order valence-corrected chi connectivity index (χ0v) is 17.3. The zero-order chi connectivity index (χ0) is 21.7. The maximum Gasteiger partial charge on any atom is 0.250 e. The Balaban J connectivity index is 1.59. The molecule has 0 bridgehead atoms. The van der Waals surface area contributed by atoms with Crippen molar-refractivity contribution in [2.45, 2.75) is 38.3 Å². The van der Waals surface area contributed by atoms with Gasteiger partial charge in [-0.3, -0.25) is 19.3 Å². The van der Waals surface area contributed by atoms with Crippen LogP contribution in [0.15, 0.2) is 36.4 Å². The normalized spacial score (nSPS) is 31.4. The first kappa shape index (κ1) is 18.7. The molecule has 1 spiro atoms. The van der Waals surface area contributed by atoms with Crippen LogP contribution in [-0.4, -0.2) is 35.2 Å². The number of rotatable bonds is 1. The third kappa shape index (κ3) is 2.03. The first-order chi connectivity index (χ1) is 14.9. The molecule has 2 aromatic rings. The lowest BCUT2D eigenvalue weighted by molar-refractivity contribution is -0.135. The van der Waals surface area contributed by atoms with Crippen LogP contribution < -0.4 is 10.2 Å². The number of nitrogens with zero attached hydrogens (tertiary/aromatic N) is 2. The number of hydrogen-bond donors (Lipinski definition) is 1. The van der Waals surface area contributed by atoms with Gasteiger partial charge in [-0.05, 0) is 56.5 Å². The molecular weight excluding hydrogens is 397 g/mol. The number of nitrogens with one attached hydrogen (secondary N) is 1. The molecule has 0 saturated carbocycles. The van der Waals surface area contributed by atoms with E-state index in [1.165, 1.54) is 18.2 Å². The smallest absolute Gasteiger partial charge is 0.250 e.